The van der Waals surface area contributed by atoms with Crippen LogP contribution in [0.2, 0.25) is 0 Å². The van der Waals surface area contributed by atoms with Crippen molar-refractivity contribution < 1.29 is 34.6 Å². The average Bonchev–Trinajstić information content (AvgIpc) is 4.17. The molecule has 2 aliphatic heterocycles. The summed E-state index contributed by atoms with van der Waals surface area (Å²) in [6.45, 7) is 5.82. The van der Waals surface area contributed by atoms with Gasteiger partial charge < -0.3 is 25.3 Å². The van der Waals surface area contributed by atoms with Gasteiger partial charge in [-0.2, -0.15) is 0 Å². The number of carboxylic acid groups (broad SMARTS) is 3. The third-order valence-corrected chi connectivity index (χ3v) is 12.1. The van der Waals surface area contributed by atoms with Crippen molar-refractivity contribution in [1.82, 2.24) is 19.9 Å². The van der Waals surface area contributed by atoms with E-state index in [9.17, 15) is 39.8 Å². The van der Waals surface area contributed by atoms with Crippen LogP contribution in [0.5, 0.6) is 0 Å². The molecule has 5 heterocycles. The van der Waals surface area contributed by atoms with Crippen LogP contribution in [0.1, 0.15) is 91.3 Å². The minimum Gasteiger partial charge on any atom is -0.478 e. The number of nitro groups is 1. The second kappa shape index (κ2) is 17.1. The van der Waals surface area contributed by atoms with Crippen molar-refractivity contribution in [3.63, 3.8) is 0 Å². The molecule has 0 radical (unpaired) electrons. The molecule has 0 aliphatic carbocycles. The van der Waals surface area contributed by atoms with Gasteiger partial charge in [0.1, 0.15) is 0 Å². The second-order valence-corrected chi connectivity index (χ2v) is 15.9. The van der Waals surface area contributed by atoms with Crippen LogP contribution in [0.15, 0.2) is 103 Å². The summed E-state index contributed by atoms with van der Waals surface area (Å²) in [5, 5.41) is 43.7. The number of benzene rings is 4. The number of hydrogen-bond acceptors (Lipinski definition) is 7. The molecule has 0 saturated carbocycles. The first-order chi connectivity index (χ1) is 31.9. The number of aromatic nitrogens is 4. The number of carbonyl (C=O) groups is 3. The summed E-state index contributed by atoms with van der Waals surface area (Å²) in [4.78, 5) is 67.9. The molecule has 2 aliphatic rings. The van der Waals surface area contributed by atoms with Crippen LogP contribution in [0.3, 0.4) is 0 Å². The number of carboxylic acids is 3. The average molecular weight is 876 g/mol. The molecule has 13 heteroatoms. The van der Waals surface area contributed by atoms with E-state index in [0.717, 1.165) is 16.7 Å². The van der Waals surface area contributed by atoms with Gasteiger partial charge in [-0.25, -0.2) is 24.4 Å². The molecule has 66 heavy (non-hydrogen) atoms. The number of fused-ring (bicyclic) bond motifs is 8. The molecular weight excluding hydrogens is 835 g/mol. The molecule has 9 rings (SSSR count). The molecule has 0 fully saturated rings. The predicted octanol–water partition coefficient (Wildman–Crippen LogP) is 12.0. The molecule has 0 spiro atoms. The number of nitrogens with one attached hydrogen (secondary N) is 2. The standard InChI is InChI=1S/C53H41N5O8/c1-4-28-7-14-33(36(25-28)51(59)60)48-41-19-17-39(54-41)47(31-10-12-32(13-11-31)58(65)66)40-18-20-42(55-40)49(34-15-8-29(5-2)26-37(34)52(61)62)44-22-24-46(57-44)50(45-23-21-43(48)56-45)35-16-9-30(6-3)27-38(35)53(63)64/h7-27,54,57H,4-6H2,1-3H3,(H,59,60)(H,61,62)(H,63,64). The predicted molar refractivity (Wildman–Crippen MR) is 256 cm³/mol. The Balaban J connectivity index is 1.51. The third kappa shape index (κ3) is 7.61. The van der Waals surface area contributed by atoms with E-state index in [4.69, 9.17) is 9.97 Å². The minimum atomic E-state index is -1.14. The fourth-order valence-electron chi connectivity index (χ4n) is 8.73. The molecule has 0 saturated heterocycles. The highest BCUT2D eigenvalue weighted by Crippen LogP contribution is 2.41. The topological polar surface area (TPSA) is 212 Å². The molecule has 8 bridgehead atoms. The van der Waals surface area contributed by atoms with Crippen LogP contribution >= 0.6 is 0 Å². The van der Waals surface area contributed by atoms with Crippen LogP contribution in [0.4, 0.5) is 5.69 Å². The number of hydrogen-bond donors (Lipinski definition) is 5. The fourth-order valence-corrected chi connectivity index (χ4v) is 8.73. The fraction of sp³-hybridized carbons (Fsp3) is 0.113. The maximum Gasteiger partial charge on any atom is 0.336 e. The Morgan fingerprint density at radius 2 is 0.803 bits per heavy atom. The number of H-pyrrole nitrogens is 2. The van der Waals surface area contributed by atoms with Crippen LogP contribution < -0.4 is 0 Å². The number of non-ortho nitro benzene ring substituents is 1. The first kappa shape index (κ1) is 42.6. The van der Waals surface area contributed by atoms with E-state index in [0.29, 0.717) is 109 Å². The van der Waals surface area contributed by atoms with Crippen molar-refractivity contribution in [2.75, 3.05) is 0 Å². The van der Waals surface area contributed by atoms with Gasteiger partial charge in [0.25, 0.3) is 5.69 Å². The van der Waals surface area contributed by atoms with Gasteiger partial charge >= 0.3 is 17.9 Å². The Kier molecular flexibility index (Phi) is 11.0. The van der Waals surface area contributed by atoms with E-state index < -0.39 is 22.8 Å². The van der Waals surface area contributed by atoms with E-state index >= 15 is 0 Å². The van der Waals surface area contributed by atoms with Gasteiger partial charge in [-0.1, -0.05) is 57.2 Å². The van der Waals surface area contributed by atoms with Gasteiger partial charge in [-0.05, 0) is 120 Å². The largest absolute Gasteiger partial charge is 0.478 e. The Bertz CT molecular complexity index is 3390. The molecule has 4 aromatic carbocycles. The number of aromatic amines is 2. The smallest absolute Gasteiger partial charge is 0.336 e. The van der Waals surface area contributed by atoms with Crippen molar-refractivity contribution in [3.8, 4) is 44.5 Å². The Morgan fingerprint density at radius 3 is 1.11 bits per heavy atom. The summed E-state index contributed by atoms with van der Waals surface area (Å²) >= 11 is 0. The highest BCUT2D eigenvalue weighted by molar-refractivity contribution is 6.07. The molecule has 0 amide bonds. The Labute approximate surface area is 377 Å². The summed E-state index contributed by atoms with van der Waals surface area (Å²) in [6.07, 6.45) is 8.91. The highest BCUT2D eigenvalue weighted by atomic mass is 16.6. The number of aromatic carboxylic acids is 3. The van der Waals surface area contributed by atoms with Crippen LogP contribution in [0.25, 0.3) is 90.9 Å². The zero-order valence-electron chi connectivity index (χ0n) is 36.0. The lowest BCUT2D eigenvalue weighted by molar-refractivity contribution is -0.384. The maximum absolute atomic E-state index is 13.1. The second-order valence-electron chi connectivity index (χ2n) is 15.9. The van der Waals surface area contributed by atoms with Gasteiger partial charge in [0.15, 0.2) is 0 Å². The van der Waals surface area contributed by atoms with Gasteiger partial charge in [0.2, 0.25) is 0 Å². The molecule has 7 aromatic rings. The molecular formula is C53H41N5O8. The SMILES string of the molecule is CCc1ccc(-c2c3nc(c(-c4ccc(CC)cc4C(=O)O)c4ccc([nH]4)c(-c4ccc(CC)cc4C(=O)O)c4nc(c(-c5ccc([N+](=O)[O-])cc5)c5ccc2[nH]5)C=C4)C=C3)c(C(=O)O)c1. The van der Waals surface area contributed by atoms with Gasteiger partial charge in [-0.3, -0.25) is 10.1 Å². The van der Waals surface area contributed by atoms with Gasteiger partial charge in [0, 0.05) is 73.1 Å². The summed E-state index contributed by atoms with van der Waals surface area (Å²) in [5.74, 6) is -3.42. The monoisotopic (exact) mass is 875 g/mol. The Morgan fingerprint density at radius 1 is 0.485 bits per heavy atom. The summed E-state index contributed by atoms with van der Waals surface area (Å²) in [7, 11) is 0. The zero-order chi connectivity index (χ0) is 46.4. The molecule has 13 nitrogen and oxygen atoms in total. The third-order valence-electron chi connectivity index (χ3n) is 12.1. The normalized spacial score (nSPS) is 11.8. The lowest BCUT2D eigenvalue weighted by Crippen LogP contribution is -2.03. The molecule has 3 aromatic heterocycles. The van der Waals surface area contributed by atoms with Crippen LogP contribution in [0, 0.1) is 10.1 Å². The van der Waals surface area contributed by atoms with E-state index in [-0.39, 0.29) is 22.4 Å². The summed E-state index contributed by atoms with van der Waals surface area (Å²) in [5.41, 5.74) is 9.77. The number of nitrogens with zero attached hydrogens (tertiary/aromatic N) is 3. The van der Waals surface area contributed by atoms with E-state index in [1.54, 1.807) is 85.0 Å². The van der Waals surface area contributed by atoms with Crippen molar-refractivity contribution in [2.45, 2.75) is 40.0 Å². The van der Waals surface area contributed by atoms with Crippen molar-refractivity contribution in [1.29, 1.82) is 0 Å². The summed E-state index contributed by atoms with van der Waals surface area (Å²) < 4.78 is 0. The van der Waals surface area contributed by atoms with Gasteiger partial charge in [0.05, 0.1) is 44.4 Å². The molecule has 326 valence electrons. The number of rotatable bonds is 11. The first-order valence-electron chi connectivity index (χ1n) is 21.4. The number of nitro benzene ring substituents is 1. The zero-order valence-corrected chi connectivity index (χ0v) is 36.0. The van der Waals surface area contributed by atoms with Crippen molar-refractivity contribution in [2.24, 2.45) is 0 Å². The molecule has 0 unspecified atom stereocenters. The van der Waals surface area contributed by atoms with Crippen LogP contribution in [-0.4, -0.2) is 58.1 Å². The molecule has 0 atom stereocenters. The van der Waals surface area contributed by atoms with Crippen molar-refractivity contribution in [3.05, 3.63) is 169 Å². The minimum absolute atomic E-state index is 0.0464. The quantitative estimate of drug-likeness (QED) is 0.0612. The van der Waals surface area contributed by atoms with Crippen molar-refractivity contribution >= 4 is 70.0 Å². The maximum atomic E-state index is 13.1. The number of aryl methyl sites for hydroxylation is 3. The van der Waals surface area contributed by atoms with E-state index in [1.165, 1.54) is 12.1 Å². The lowest BCUT2D eigenvalue weighted by Gasteiger charge is -2.12. The highest BCUT2D eigenvalue weighted by Gasteiger charge is 2.25. The van der Waals surface area contributed by atoms with E-state index in [2.05, 4.69) is 9.97 Å². The first-order valence-corrected chi connectivity index (χ1v) is 21.4. The van der Waals surface area contributed by atoms with Crippen LogP contribution in [-0.2, 0) is 19.3 Å². The van der Waals surface area contributed by atoms with Gasteiger partial charge in [-0.15, -0.1) is 0 Å². The Hall–Kier alpha value is -8.71. The summed E-state index contributed by atoms with van der Waals surface area (Å²) in [6, 6.07) is 29.1. The lowest BCUT2D eigenvalue weighted by atomic mass is 9.95. The molecule has 5 N–H and O–H groups in total. The van der Waals surface area contributed by atoms with E-state index in [1.807, 2.05) is 51.1 Å².